The molecule has 0 saturated carbocycles. The number of carbonyl (C=O) groups excluding carboxylic acids is 2. The van der Waals surface area contributed by atoms with E-state index in [4.69, 9.17) is 9.47 Å². The van der Waals surface area contributed by atoms with Crippen LogP contribution in [0.4, 0.5) is 5.69 Å². The summed E-state index contributed by atoms with van der Waals surface area (Å²) in [5, 5.41) is 5.69. The van der Waals surface area contributed by atoms with Gasteiger partial charge in [0.05, 0.1) is 12.2 Å². The van der Waals surface area contributed by atoms with Gasteiger partial charge in [-0.15, -0.1) is 0 Å². The molecule has 0 aliphatic rings. The second kappa shape index (κ2) is 12.0. The first-order valence-electron chi connectivity index (χ1n) is 10.3. The Morgan fingerprint density at radius 2 is 1.59 bits per heavy atom. The monoisotopic (exact) mass is 496 g/mol. The molecule has 0 bridgehead atoms. The zero-order valence-electron chi connectivity index (χ0n) is 17.8. The quantitative estimate of drug-likeness (QED) is 0.417. The summed E-state index contributed by atoms with van der Waals surface area (Å²) < 4.78 is 12.1. The standard InChI is InChI=1S/C25H25BrN2O4/c1-2-31-16-19-8-4-3-7-18(19)15-27-25(30)22-9-5-6-10-23(22)32-17-24(29)28-21-13-11-20(26)12-14-21/h3-14H,2,15-17H2,1H3,(H,27,30)(H,28,29). The van der Waals surface area contributed by atoms with Crippen LogP contribution in [0.1, 0.15) is 28.4 Å². The van der Waals surface area contributed by atoms with Gasteiger partial charge in [-0.3, -0.25) is 9.59 Å². The van der Waals surface area contributed by atoms with Crippen molar-refractivity contribution in [2.24, 2.45) is 0 Å². The van der Waals surface area contributed by atoms with Crippen LogP contribution in [0, 0.1) is 0 Å². The van der Waals surface area contributed by atoms with Gasteiger partial charge in [-0.25, -0.2) is 0 Å². The SMILES string of the molecule is CCOCc1ccccc1CNC(=O)c1ccccc1OCC(=O)Nc1ccc(Br)cc1. The number of carbonyl (C=O) groups is 2. The van der Waals surface area contributed by atoms with Gasteiger partial charge in [0.1, 0.15) is 5.75 Å². The molecule has 32 heavy (non-hydrogen) atoms. The Bertz CT molecular complexity index is 1050. The van der Waals surface area contributed by atoms with Gasteiger partial charge in [-0.1, -0.05) is 52.3 Å². The Morgan fingerprint density at radius 3 is 2.34 bits per heavy atom. The van der Waals surface area contributed by atoms with E-state index in [1.807, 2.05) is 43.3 Å². The first kappa shape index (κ1) is 23.5. The molecule has 0 heterocycles. The number of hydrogen-bond donors (Lipinski definition) is 2. The second-order valence-corrected chi connectivity index (χ2v) is 7.84. The molecule has 0 radical (unpaired) electrons. The molecule has 0 unspecified atom stereocenters. The number of anilines is 1. The summed E-state index contributed by atoms with van der Waals surface area (Å²) in [6.45, 7) is 3.22. The van der Waals surface area contributed by atoms with Crippen LogP contribution in [0.3, 0.4) is 0 Å². The summed E-state index contributed by atoms with van der Waals surface area (Å²) in [6.07, 6.45) is 0. The predicted molar refractivity (Wildman–Crippen MR) is 128 cm³/mol. The molecule has 0 saturated heterocycles. The number of ether oxygens (including phenoxy) is 2. The first-order valence-corrected chi connectivity index (χ1v) is 11.1. The topological polar surface area (TPSA) is 76.7 Å². The summed E-state index contributed by atoms with van der Waals surface area (Å²) in [7, 11) is 0. The Hall–Kier alpha value is -3.16. The fraction of sp³-hybridized carbons (Fsp3) is 0.200. The van der Waals surface area contributed by atoms with Crippen molar-refractivity contribution in [1.82, 2.24) is 5.32 Å². The summed E-state index contributed by atoms with van der Waals surface area (Å²) >= 11 is 3.36. The van der Waals surface area contributed by atoms with Crippen LogP contribution < -0.4 is 15.4 Å². The Labute approximate surface area is 196 Å². The van der Waals surface area contributed by atoms with Crippen molar-refractivity contribution < 1.29 is 19.1 Å². The zero-order chi connectivity index (χ0) is 22.8. The highest BCUT2D eigenvalue weighted by Crippen LogP contribution is 2.19. The summed E-state index contributed by atoms with van der Waals surface area (Å²) in [5.74, 6) is -0.244. The molecule has 0 fully saturated rings. The van der Waals surface area contributed by atoms with Crippen LogP contribution in [0.2, 0.25) is 0 Å². The van der Waals surface area contributed by atoms with Gasteiger partial charge in [0.25, 0.3) is 11.8 Å². The molecule has 3 rings (SSSR count). The van der Waals surface area contributed by atoms with E-state index in [0.29, 0.717) is 36.8 Å². The van der Waals surface area contributed by atoms with Gasteiger partial charge in [0.2, 0.25) is 0 Å². The van der Waals surface area contributed by atoms with Gasteiger partial charge in [0.15, 0.2) is 6.61 Å². The van der Waals surface area contributed by atoms with Crippen LogP contribution in [0.5, 0.6) is 5.75 Å². The maximum atomic E-state index is 12.8. The fourth-order valence-electron chi connectivity index (χ4n) is 3.01. The maximum absolute atomic E-state index is 12.8. The van der Waals surface area contributed by atoms with Crippen LogP contribution in [-0.2, 0) is 22.7 Å². The number of nitrogens with one attached hydrogen (secondary N) is 2. The first-order chi connectivity index (χ1) is 15.6. The van der Waals surface area contributed by atoms with Crippen LogP contribution in [0.15, 0.2) is 77.3 Å². The Kier molecular flexibility index (Phi) is 8.83. The van der Waals surface area contributed by atoms with E-state index >= 15 is 0 Å². The molecule has 0 atom stereocenters. The second-order valence-electron chi connectivity index (χ2n) is 6.93. The summed E-state index contributed by atoms with van der Waals surface area (Å²) in [6, 6.07) is 21.9. The number of rotatable bonds is 10. The van der Waals surface area contributed by atoms with Crippen LogP contribution in [-0.4, -0.2) is 25.0 Å². The lowest BCUT2D eigenvalue weighted by atomic mass is 10.1. The lowest BCUT2D eigenvalue weighted by molar-refractivity contribution is -0.118. The van der Waals surface area contributed by atoms with Gasteiger partial charge < -0.3 is 20.1 Å². The lowest BCUT2D eigenvalue weighted by Gasteiger charge is -2.13. The minimum Gasteiger partial charge on any atom is -0.483 e. The van der Waals surface area contributed by atoms with Crippen molar-refractivity contribution in [2.75, 3.05) is 18.5 Å². The van der Waals surface area contributed by atoms with Crippen molar-refractivity contribution in [2.45, 2.75) is 20.1 Å². The zero-order valence-corrected chi connectivity index (χ0v) is 19.4. The van der Waals surface area contributed by atoms with Gasteiger partial charge in [-0.05, 0) is 54.4 Å². The van der Waals surface area contributed by atoms with Crippen LogP contribution in [0.25, 0.3) is 0 Å². The minimum absolute atomic E-state index is 0.211. The van der Waals surface area contributed by atoms with Crippen molar-refractivity contribution in [3.05, 3.63) is 94.0 Å². The Morgan fingerprint density at radius 1 is 0.906 bits per heavy atom. The van der Waals surface area contributed by atoms with Crippen molar-refractivity contribution in [1.29, 1.82) is 0 Å². The van der Waals surface area contributed by atoms with Gasteiger partial charge in [-0.2, -0.15) is 0 Å². The predicted octanol–water partition coefficient (Wildman–Crippen LogP) is 4.93. The van der Waals surface area contributed by atoms with E-state index in [2.05, 4.69) is 26.6 Å². The molecule has 0 spiro atoms. The molecule has 166 valence electrons. The highest BCUT2D eigenvalue weighted by Gasteiger charge is 2.14. The number of para-hydroxylation sites is 1. The van der Waals surface area contributed by atoms with E-state index in [1.54, 1.807) is 36.4 Å². The molecule has 2 N–H and O–H groups in total. The van der Waals surface area contributed by atoms with Crippen molar-refractivity contribution in [3.8, 4) is 5.75 Å². The van der Waals surface area contributed by atoms with E-state index in [1.165, 1.54) is 0 Å². The summed E-state index contributed by atoms with van der Waals surface area (Å²) in [5.41, 5.74) is 3.05. The normalized spacial score (nSPS) is 10.4. The molecule has 6 nitrogen and oxygen atoms in total. The molecular formula is C25H25BrN2O4. The third-order valence-electron chi connectivity index (χ3n) is 4.64. The molecule has 2 amide bonds. The van der Waals surface area contributed by atoms with Crippen molar-refractivity contribution in [3.63, 3.8) is 0 Å². The van der Waals surface area contributed by atoms with E-state index in [-0.39, 0.29) is 18.4 Å². The molecular weight excluding hydrogens is 472 g/mol. The number of amides is 2. The van der Waals surface area contributed by atoms with E-state index < -0.39 is 0 Å². The molecule has 0 aliphatic carbocycles. The number of hydrogen-bond acceptors (Lipinski definition) is 4. The van der Waals surface area contributed by atoms with E-state index in [0.717, 1.165) is 15.6 Å². The summed E-state index contributed by atoms with van der Waals surface area (Å²) in [4.78, 5) is 25.0. The minimum atomic E-state index is -0.313. The number of halogens is 1. The van der Waals surface area contributed by atoms with Crippen molar-refractivity contribution >= 4 is 33.4 Å². The van der Waals surface area contributed by atoms with E-state index in [9.17, 15) is 9.59 Å². The fourth-order valence-corrected chi connectivity index (χ4v) is 3.27. The number of benzene rings is 3. The molecule has 0 aliphatic heterocycles. The average Bonchev–Trinajstić information content (AvgIpc) is 2.82. The molecule has 7 heteroatoms. The van der Waals surface area contributed by atoms with Gasteiger partial charge >= 0.3 is 0 Å². The average molecular weight is 497 g/mol. The van der Waals surface area contributed by atoms with Gasteiger partial charge in [0, 0.05) is 23.3 Å². The van der Waals surface area contributed by atoms with Crippen LogP contribution >= 0.6 is 15.9 Å². The molecule has 3 aromatic carbocycles. The smallest absolute Gasteiger partial charge is 0.262 e. The Balaban J connectivity index is 1.59. The highest BCUT2D eigenvalue weighted by atomic mass is 79.9. The third kappa shape index (κ3) is 6.93. The lowest BCUT2D eigenvalue weighted by Crippen LogP contribution is -2.25. The largest absolute Gasteiger partial charge is 0.483 e. The molecule has 3 aromatic rings. The maximum Gasteiger partial charge on any atom is 0.262 e. The molecule has 0 aromatic heterocycles. The third-order valence-corrected chi connectivity index (χ3v) is 5.17. The highest BCUT2D eigenvalue weighted by molar-refractivity contribution is 9.10.